The Morgan fingerprint density at radius 2 is 1.65 bits per heavy atom. The molecule has 1 atom stereocenters. The molecular formula is C31H26BrCl2N3O5S. The van der Waals surface area contributed by atoms with Crippen molar-refractivity contribution in [3.63, 3.8) is 0 Å². The largest absolute Gasteiger partial charge is 0.477 e. The summed E-state index contributed by atoms with van der Waals surface area (Å²) in [5.74, 6) is -0.601. The molecule has 1 aliphatic heterocycles. The molecule has 0 fully saturated rings. The molecule has 4 aromatic rings. The first-order valence-electron chi connectivity index (χ1n) is 13.2. The van der Waals surface area contributed by atoms with Crippen molar-refractivity contribution in [1.29, 1.82) is 0 Å². The van der Waals surface area contributed by atoms with E-state index in [0.717, 1.165) is 9.87 Å². The monoisotopic (exact) mass is 701 g/mol. The Labute approximate surface area is 268 Å². The molecule has 1 N–H and O–H groups in total. The van der Waals surface area contributed by atoms with E-state index >= 15 is 0 Å². The maximum absolute atomic E-state index is 14.0. The molecule has 12 heteroatoms. The van der Waals surface area contributed by atoms with Crippen LogP contribution in [0.5, 0.6) is 5.75 Å². The lowest BCUT2D eigenvalue weighted by atomic mass is 10.1. The number of nitrogens with one attached hydrogen (secondary N) is 1. The van der Waals surface area contributed by atoms with Crippen molar-refractivity contribution in [2.45, 2.75) is 24.1 Å². The van der Waals surface area contributed by atoms with Crippen LogP contribution in [0.4, 0.5) is 5.69 Å². The number of halogens is 3. The Kier molecular flexibility index (Phi) is 9.73. The van der Waals surface area contributed by atoms with Gasteiger partial charge in [0.05, 0.1) is 23.7 Å². The average molecular weight is 703 g/mol. The molecule has 0 saturated carbocycles. The molecule has 2 amide bonds. The SMILES string of the molecule is O=C(NCc1ccccc1)[C@@H]1CN(C(=O)CN(Cc2ccc(Cl)cc2Cl)S(=O)(=O)c2ccc(Br)cc2)c2ccccc2O1. The Bertz CT molecular complexity index is 1740. The molecule has 0 saturated heterocycles. The van der Waals surface area contributed by atoms with Crippen molar-refractivity contribution in [3.05, 3.63) is 123 Å². The number of hydrogen-bond donors (Lipinski definition) is 1. The quantitative estimate of drug-likeness (QED) is 0.229. The van der Waals surface area contributed by atoms with Crippen LogP contribution >= 0.6 is 39.1 Å². The van der Waals surface area contributed by atoms with Gasteiger partial charge in [-0.2, -0.15) is 4.31 Å². The summed E-state index contributed by atoms with van der Waals surface area (Å²) in [6, 6.07) is 27.1. The van der Waals surface area contributed by atoms with Gasteiger partial charge in [0, 0.05) is 27.6 Å². The van der Waals surface area contributed by atoms with E-state index in [1.165, 1.54) is 23.1 Å². The minimum absolute atomic E-state index is 0.00845. The van der Waals surface area contributed by atoms with Crippen molar-refractivity contribution in [2.75, 3.05) is 18.0 Å². The van der Waals surface area contributed by atoms with Crippen LogP contribution in [0.3, 0.4) is 0 Å². The minimum atomic E-state index is -4.16. The van der Waals surface area contributed by atoms with Gasteiger partial charge in [0.2, 0.25) is 15.9 Å². The zero-order valence-corrected chi connectivity index (χ0v) is 26.5. The third kappa shape index (κ3) is 7.39. The fraction of sp³-hybridized carbons (Fsp3) is 0.161. The van der Waals surface area contributed by atoms with Gasteiger partial charge in [0.25, 0.3) is 5.91 Å². The van der Waals surface area contributed by atoms with Crippen LogP contribution in [0.15, 0.2) is 106 Å². The second-order valence-electron chi connectivity index (χ2n) is 9.74. The van der Waals surface area contributed by atoms with Crippen molar-refractivity contribution >= 4 is 66.7 Å². The van der Waals surface area contributed by atoms with E-state index in [0.29, 0.717) is 26.5 Å². The second kappa shape index (κ2) is 13.5. The molecule has 0 unspecified atom stereocenters. The van der Waals surface area contributed by atoms with E-state index in [1.807, 2.05) is 30.3 Å². The molecule has 0 aromatic heterocycles. The van der Waals surface area contributed by atoms with Crippen LogP contribution in [0.25, 0.3) is 0 Å². The van der Waals surface area contributed by atoms with Crippen LogP contribution in [0.2, 0.25) is 10.0 Å². The molecule has 0 spiro atoms. The Morgan fingerprint density at radius 1 is 0.953 bits per heavy atom. The third-order valence-electron chi connectivity index (χ3n) is 6.80. The number of sulfonamides is 1. The second-order valence-corrected chi connectivity index (χ2v) is 13.4. The first-order chi connectivity index (χ1) is 20.6. The van der Waals surface area contributed by atoms with Gasteiger partial charge in [-0.25, -0.2) is 8.42 Å². The Hall–Kier alpha value is -3.41. The Morgan fingerprint density at radius 3 is 2.37 bits per heavy atom. The topological polar surface area (TPSA) is 96.0 Å². The third-order valence-corrected chi connectivity index (χ3v) is 9.72. The highest BCUT2D eigenvalue weighted by Gasteiger charge is 2.36. The molecule has 222 valence electrons. The average Bonchev–Trinajstić information content (AvgIpc) is 3.00. The van der Waals surface area contributed by atoms with E-state index < -0.39 is 34.5 Å². The molecule has 1 heterocycles. The highest BCUT2D eigenvalue weighted by molar-refractivity contribution is 9.10. The number of nitrogens with zero attached hydrogens (tertiary/aromatic N) is 2. The van der Waals surface area contributed by atoms with E-state index in [9.17, 15) is 18.0 Å². The van der Waals surface area contributed by atoms with Gasteiger partial charge >= 0.3 is 0 Å². The van der Waals surface area contributed by atoms with Crippen molar-refractivity contribution in [1.82, 2.24) is 9.62 Å². The summed E-state index contributed by atoms with van der Waals surface area (Å²) in [6.45, 7) is -0.530. The summed E-state index contributed by atoms with van der Waals surface area (Å²) in [5.41, 5.74) is 1.82. The van der Waals surface area contributed by atoms with Gasteiger partial charge in [-0.15, -0.1) is 0 Å². The Balaban J connectivity index is 1.42. The molecule has 43 heavy (non-hydrogen) atoms. The predicted molar refractivity (Wildman–Crippen MR) is 170 cm³/mol. The van der Waals surface area contributed by atoms with Gasteiger partial charge in [-0.05, 0) is 59.7 Å². The van der Waals surface area contributed by atoms with E-state index in [1.54, 1.807) is 48.5 Å². The zero-order chi connectivity index (χ0) is 30.6. The van der Waals surface area contributed by atoms with Crippen LogP contribution < -0.4 is 15.0 Å². The highest BCUT2D eigenvalue weighted by atomic mass is 79.9. The standard InChI is InChI=1S/C31H26BrCl2N3O5S/c32-23-11-14-25(15-12-23)43(40,41)36(18-22-10-13-24(33)16-26(22)34)20-30(38)37-19-29(42-28-9-5-4-8-27(28)37)31(39)35-17-21-6-2-1-3-7-21/h1-16,29H,17-20H2,(H,35,39)/t29-/m0/s1. The predicted octanol–water partition coefficient (Wildman–Crippen LogP) is 6.06. The smallest absolute Gasteiger partial charge is 0.263 e. The van der Waals surface area contributed by atoms with Gasteiger partial charge in [-0.1, -0.05) is 87.7 Å². The summed E-state index contributed by atoms with van der Waals surface area (Å²) >= 11 is 15.8. The van der Waals surface area contributed by atoms with E-state index in [-0.39, 0.29) is 29.6 Å². The molecule has 5 rings (SSSR count). The summed E-state index contributed by atoms with van der Waals surface area (Å²) in [6.07, 6.45) is -1.01. The zero-order valence-electron chi connectivity index (χ0n) is 22.6. The lowest BCUT2D eigenvalue weighted by molar-refractivity contribution is -0.128. The summed E-state index contributed by atoms with van der Waals surface area (Å²) in [4.78, 5) is 28.5. The molecule has 1 aliphatic rings. The van der Waals surface area contributed by atoms with Gasteiger partial charge < -0.3 is 15.0 Å². The fourth-order valence-corrected chi connectivity index (χ4v) is 6.66. The summed E-state index contributed by atoms with van der Waals surface area (Å²) < 4.78 is 35.5. The number of hydrogen-bond acceptors (Lipinski definition) is 5. The van der Waals surface area contributed by atoms with Crippen LogP contribution in [0, 0.1) is 0 Å². The normalized spacial score (nSPS) is 14.6. The van der Waals surface area contributed by atoms with Crippen LogP contribution in [-0.2, 0) is 32.7 Å². The summed E-state index contributed by atoms with van der Waals surface area (Å²) in [7, 11) is -4.16. The maximum atomic E-state index is 14.0. The number of fused-ring (bicyclic) bond motifs is 1. The van der Waals surface area contributed by atoms with Crippen LogP contribution in [0.1, 0.15) is 11.1 Å². The van der Waals surface area contributed by atoms with Gasteiger partial charge in [0.15, 0.2) is 6.10 Å². The number of carbonyl (C=O) groups excluding carboxylic acids is 2. The highest BCUT2D eigenvalue weighted by Crippen LogP contribution is 2.34. The fourth-order valence-electron chi connectivity index (χ4n) is 4.56. The number of carbonyl (C=O) groups is 2. The molecular weight excluding hydrogens is 677 g/mol. The van der Waals surface area contributed by atoms with E-state index in [2.05, 4.69) is 21.2 Å². The number of para-hydroxylation sites is 2. The van der Waals surface area contributed by atoms with Gasteiger partial charge in [-0.3, -0.25) is 9.59 Å². The maximum Gasteiger partial charge on any atom is 0.263 e. The number of ether oxygens (including phenoxy) is 1. The number of amides is 2. The molecule has 4 aromatic carbocycles. The lowest BCUT2D eigenvalue weighted by Gasteiger charge is -2.35. The summed E-state index contributed by atoms with van der Waals surface area (Å²) in [5, 5.41) is 3.52. The minimum Gasteiger partial charge on any atom is -0.477 e. The van der Waals surface area contributed by atoms with Crippen molar-refractivity contribution < 1.29 is 22.7 Å². The van der Waals surface area contributed by atoms with Gasteiger partial charge in [0.1, 0.15) is 5.75 Å². The first kappa shape index (κ1) is 31.0. The van der Waals surface area contributed by atoms with Crippen molar-refractivity contribution in [2.24, 2.45) is 0 Å². The number of benzene rings is 4. The molecule has 0 aliphatic carbocycles. The first-order valence-corrected chi connectivity index (χ1v) is 16.2. The molecule has 0 radical (unpaired) electrons. The number of rotatable bonds is 9. The van der Waals surface area contributed by atoms with Crippen molar-refractivity contribution in [3.8, 4) is 5.75 Å². The van der Waals surface area contributed by atoms with Crippen LogP contribution in [-0.4, -0.2) is 43.7 Å². The molecule has 0 bridgehead atoms. The lowest BCUT2D eigenvalue weighted by Crippen LogP contribution is -2.52. The molecule has 8 nitrogen and oxygen atoms in total. The van der Waals surface area contributed by atoms with E-state index in [4.69, 9.17) is 27.9 Å². The number of anilines is 1.